The van der Waals surface area contributed by atoms with Crippen molar-refractivity contribution >= 4 is 11.7 Å². The van der Waals surface area contributed by atoms with Crippen LogP contribution in [0.25, 0.3) is 0 Å². The fourth-order valence-corrected chi connectivity index (χ4v) is 1.34. The van der Waals surface area contributed by atoms with Crippen molar-refractivity contribution in [3.8, 4) is 5.75 Å². The predicted molar refractivity (Wildman–Crippen MR) is 64.8 cm³/mol. The first-order chi connectivity index (χ1) is 8.13. The minimum atomic E-state index is -0.452. The lowest BCUT2D eigenvalue weighted by Crippen LogP contribution is -2.40. The fraction of sp³-hybridized carbons (Fsp3) is 0.385. The number of amides is 1. The van der Waals surface area contributed by atoms with Crippen LogP contribution >= 0.6 is 0 Å². The van der Waals surface area contributed by atoms with Crippen molar-refractivity contribution < 1.29 is 14.3 Å². The maximum Gasteiger partial charge on any atom is 0.258 e. The molecule has 1 rings (SSSR count). The molecule has 0 heterocycles. The SMILES string of the molecule is CCC(=O)C(C)NC(=O)COc1ccccc1. The number of ether oxygens (including phenoxy) is 1. The zero-order valence-corrected chi connectivity index (χ0v) is 10.1. The molecular weight excluding hydrogens is 218 g/mol. The molecule has 4 heteroatoms. The van der Waals surface area contributed by atoms with E-state index in [1.54, 1.807) is 26.0 Å². The first-order valence-electron chi connectivity index (χ1n) is 5.63. The van der Waals surface area contributed by atoms with Crippen molar-refractivity contribution in [2.24, 2.45) is 0 Å². The predicted octanol–water partition coefficient (Wildman–Crippen LogP) is 1.55. The third-order valence-corrected chi connectivity index (χ3v) is 2.32. The number of nitrogens with one attached hydrogen (secondary N) is 1. The number of ketones is 1. The number of rotatable bonds is 6. The number of benzene rings is 1. The van der Waals surface area contributed by atoms with E-state index in [0.717, 1.165) is 0 Å². The summed E-state index contributed by atoms with van der Waals surface area (Å²) in [6.07, 6.45) is 0.418. The van der Waals surface area contributed by atoms with Crippen LogP contribution in [0.2, 0.25) is 0 Å². The molecule has 0 fully saturated rings. The molecule has 0 saturated carbocycles. The van der Waals surface area contributed by atoms with Crippen molar-refractivity contribution in [3.05, 3.63) is 30.3 Å². The highest BCUT2D eigenvalue weighted by Crippen LogP contribution is 2.07. The number of para-hydroxylation sites is 1. The molecular formula is C13H17NO3. The van der Waals surface area contributed by atoms with Crippen LogP contribution < -0.4 is 10.1 Å². The molecule has 0 aromatic heterocycles. The zero-order chi connectivity index (χ0) is 12.7. The topological polar surface area (TPSA) is 55.4 Å². The lowest BCUT2D eigenvalue weighted by Gasteiger charge is -2.12. The molecule has 4 nitrogen and oxygen atoms in total. The first kappa shape index (κ1) is 13.2. The Morgan fingerprint density at radius 2 is 1.94 bits per heavy atom. The van der Waals surface area contributed by atoms with Gasteiger partial charge in [-0.2, -0.15) is 0 Å². The molecule has 17 heavy (non-hydrogen) atoms. The molecule has 0 saturated heterocycles. The highest BCUT2D eigenvalue weighted by atomic mass is 16.5. The van der Waals surface area contributed by atoms with Crippen molar-refractivity contribution in [1.82, 2.24) is 5.32 Å². The summed E-state index contributed by atoms with van der Waals surface area (Å²) < 4.78 is 5.26. The number of hydrogen-bond acceptors (Lipinski definition) is 3. The Morgan fingerprint density at radius 1 is 1.29 bits per heavy atom. The minimum absolute atomic E-state index is 0.0121. The van der Waals surface area contributed by atoms with Gasteiger partial charge < -0.3 is 10.1 Å². The van der Waals surface area contributed by atoms with Gasteiger partial charge >= 0.3 is 0 Å². The molecule has 1 atom stereocenters. The van der Waals surface area contributed by atoms with Crippen LogP contribution in [0.1, 0.15) is 20.3 Å². The van der Waals surface area contributed by atoms with Crippen LogP contribution in [0.4, 0.5) is 0 Å². The summed E-state index contributed by atoms with van der Waals surface area (Å²) in [5, 5.41) is 2.59. The largest absolute Gasteiger partial charge is 0.484 e. The number of hydrogen-bond donors (Lipinski definition) is 1. The zero-order valence-electron chi connectivity index (χ0n) is 10.1. The van der Waals surface area contributed by atoms with E-state index < -0.39 is 6.04 Å². The lowest BCUT2D eigenvalue weighted by molar-refractivity contribution is -0.128. The second-order valence-electron chi connectivity index (χ2n) is 3.71. The Kier molecular flexibility index (Phi) is 5.20. The molecule has 0 aliphatic carbocycles. The first-order valence-corrected chi connectivity index (χ1v) is 5.63. The van der Waals surface area contributed by atoms with Crippen molar-refractivity contribution in [3.63, 3.8) is 0 Å². The van der Waals surface area contributed by atoms with Crippen LogP contribution in [-0.4, -0.2) is 24.3 Å². The molecule has 0 spiro atoms. The summed E-state index contributed by atoms with van der Waals surface area (Å²) in [4.78, 5) is 22.7. The second kappa shape index (κ2) is 6.68. The molecule has 1 unspecified atom stereocenters. The summed E-state index contributed by atoms with van der Waals surface area (Å²) in [7, 11) is 0. The molecule has 1 aromatic carbocycles. The standard InChI is InChI=1S/C13H17NO3/c1-3-12(15)10(2)14-13(16)9-17-11-7-5-4-6-8-11/h4-8,10H,3,9H2,1-2H3,(H,14,16). The lowest BCUT2D eigenvalue weighted by atomic mass is 10.2. The van der Waals surface area contributed by atoms with Crippen LogP contribution in [-0.2, 0) is 9.59 Å². The van der Waals surface area contributed by atoms with Gasteiger partial charge in [0.1, 0.15) is 5.75 Å². The summed E-state index contributed by atoms with van der Waals surface area (Å²) in [5.74, 6) is 0.360. The molecule has 1 amide bonds. The van der Waals surface area contributed by atoms with Gasteiger partial charge in [0.05, 0.1) is 6.04 Å². The summed E-state index contributed by atoms with van der Waals surface area (Å²) >= 11 is 0. The highest BCUT2D eigenvalue weighted by Gasteiger charge is 2.13. The van der Waals surface area contributed by atoms with Gasteiger partial charge in [-0.05, 0) is 19.1 Å². The average Bonchev–Trinajstić information content (AvgIpc) is 2.36. The van der Waals surface area contributed by atoms with Crippen molar-refractivity contribution in [2.45, 2.75) is 26.3 Å². The van der Waals surface area contributed by atoms with E-state index in [2.05, 4.69) is 5.32 Å². The Balaban J connectivity index is 2.33. The van der Waals surface area contributed by atoms with E-state index >= 15 is 0 Å². The van der Waals surface area contributed by atoms with Gasteiger partial charge in [0.25, 0.3) is 5.91 Å². The van der Waals surface area contributed by atoms with Gasteiger partial charge in [0, 0.05) is 6.42 Å². The van der Waals surface area contributed by atoms with Crippen molar-refractivity contribution in [1.29, 1.82) is 0 Å². The third-order valence-electron chi connectivity index (χ3n) is 2.32. The van der Waals surface area contributed by atoms with Gasteiger partial charge in [0.15, 0.2) is 12.4 Å². The van der Waals surface area contributed by atoms with Gasteiger partial charge in [-0.15, -0.1) is 0 Å². The number of carbonyl (C=O) groups is 2. The third kappa shape index (κ3) is 4.68. The van der Waals surface area contributed by atoms with Crippen LogP contribution in [0.5, 0.6) is 5.75 Å². The molecule has 0 radical (unpaired) electrons. The smallest absolute Gasteiger partial charge is 0.258 e. The monoisotopic (exact) mass is 235 g/mol. The molecule has 0 aliphatic heterocycles. The van der Waals surface area contributed by atoms with E-state index in [9.17, 15) is 9.59 Å². The maximum atomic E-state index is 11.5. The van der Waals surface area contributed by atoms with Crippen LogP contribution in [0.3, 0.4) is 0 Å². The van der Waals surface area contributed by atoms with E-state index in [1.165, 1.54) is 0 Å². The molecule has 1 aromatic rings. The maximum absolute atomic E-state index is 11.5. The number of Topliss-reactive ketones (excluding diaryl/α,β-unsaturated/α-hetero) is 1. The average molecular weight is 235 g/mol. The Morgan fingerprint density at radius 3 is 2.53 bits per heavy atom. The van der Waals surface area contributed by atoms with E-state index in [4.69, 9.17) is 4.74 Å². The number of carbonyl (C=O) groups excluding carboxylic acids is 2. The van der Waals surface area contributed by atoms with Crippen LogP contribution in [0, 0.1) is 0 Å². The van der Waals surface area contributed by atoms with E-state index in [1.807, 2.05) is 18.2 Å². The summed E-state index contributed by atoms with van der Waals surface area (Å²) in [6.45, 7) is 3.36. The summed E-state index contributed by atoms with van der Waals surface area (Å²) in [6, 6.07) is 8.62. The van der Waals surface area contributed by atoms with E-state index in [0.29, 0.717) is 12.2 Å². The molecule has 0 aliphatic rings. The minimum Gasteiger partial charge on any atom is -0.484 e. The summed E-state index contributed by atoms with van der Waals surface area (Å²) in [5.41, 5.74) is 0. The normalized spacial score (nSPS) is 11.6. The molecule has 92 valence electrons. The van der Waals surface area contributed by atoms with Gasteiger partial charge in [-0.1, -0.05) is 25.1 Å². The second-order valence-corrected chi connectivity index (χ2v) is 3.71. The fourth-order valence-electron chi connectivity index (χ4n) is 1.34. The Hall–Kier alpha value is -1.84. The van der Waals surface area contributed by atoms with Gasteiger partial charge in [-0.3, -0.25) is 9.59 Å². The van der Waals surface area contributed by atoms with Crippen molar-refractivity contribution in [2.75, 3.05) is 6.61 Å². The Labute approximate surface area is 101 Å². The highest BCUT2D eigenvalue weighted by molar-refractivity contribution is 5.88. The Bertz CT molecular complexity index is 376. The van der Waals surface area contributed by atoms with Gasteiger partial charge in [0.2, 0.25) is 0 Å². The van der Waals surface area contributed by atoms with Crippen LogP contribution in [0.15, 0.2) is 30.3 Å². The molecule has 0 bridgehead atoms. The quantitative estimate of drug-likeness (QED) is 0.814. The van der Waals surface area contributed by atoms with E-state index in [-0.39, 0.29) is 18.3 Å². The molecule has 1 N–H and O–H groups in total. The van der Waals surface area contributed by atoms with Gasteiger partial charge in [-0.25, -0.2) is 0 Å².